The third kappa shape index (κ3) is 2.88. The Hall–Kier alpha value is -1.42. The van der Waals surface area contributed by atoms with Gasteiger partial charge in [-0.3, -0.25) is 0 Å². The number of aryl methyl sites for hydroxylation is 1. The van der Waals surface area contributed by atoms with Gasteiger partial charge in [-0.1, -0.05) is 44.1 Å². The van der Waals surface area contributed by atoms with Gasteiger partial charge in [0.15, 0.2) is 0 Å². The van der Waals surface area contributed by atoms with Crippen LogP contribution < -0.4 is 5.73 Å². The molecule has 2 aromatic rings. The van der Waals surface area contributed by atoms with E-state index in [0.717, 1.165) is 17.9 Å². The lowest BCUT2D eigenvalue weighted by Gasteiger charge is -2.08. The van der Waals surface area contributed by atoms with Gasteiger partial charge in [-0.25, -0.2) is 4.98 Å². The summed E-state index contributed by atoms with van der Waals surface area (Å²) in [5.41, 5.74) is 7.86. The van der Waals surface area contributed by atoms with Crippen molar-refractivity contribution in [2.75, 3.05) is 0 Å². The molecule has 0 aliphatic rings. The number of hydrogen-bond acceptors (Lipinski definition) is 2. The van der Waals surface area contributed by atoms with Crippen molar-refractivity contribution in [2.24, 2.45) is 5.73 Å². The van der Waals surface area contributed by atoms with E-state index in [1.807, 2.05) is 18.2 Å². The number of nitrogens with two attached hydrogens (primary N) is 1. The van der Waals surface area contributed by atoms with Gasteiger partial charge in [-0.15, -0.1) is 0 Å². The van der Waals surface area contributed by atoms with Crippen LogP contribution in [0, 0.1) is 0 Å². The van der Waals surface area contributed by atoms with E-state index in [4.69, 9.17) is 18.0 Å². The average Bonchev–Trinajstić information content (AvgIpc) is 2.67. The van der Waals surface area contributed by atoms with Gasteiger partial charge in [0.1, 0.15) is 5.82 Å². The van der Waals surface area contributed by atoms with Crippen molar-refractivity contribution in [3.8, 4) is 0 Å². The van der Waals surface area contributed by atoms with Gasteiger partial charge in [0.05, 0.1) is 22.4 Å². The fraction of sp³-hybridized carbons (Fsp3) is 0.429. The Morgan fingerprint density at radius 2 is 2.11 bits per heavy atom. The molecule has 2 rings (SSSR count). The summed E-state index contributed by atoms with van der Waals surface area (Å²) in [5.74, 6) is 0.986. The van der Waals surface area contributed by atoms with Crippen LogP contribution in [0.4, 0.5) is 0 Å². The number of imidazole rings is 1. The molecule has 0 fully saturated rings. The van der Waals surface area contributed by atoms with Gasteiger partial charge in [0.25, 0.3) is 0 Å². The predicted octanol–water partition coefficient (Wildman–Crippen LogP) is 3.06. The topological polar surface area (TPSA) is 43.8 Å². The molecular weight excluding hydrogens is 242 g/mol. The molecule has 0 saturated heterocycles. The zero-order chi connectivity index (χ0) is 13.0. The zero-order valence-electron chi connectivity index (χ0n) is 10.7. The number of nitrogens with zero attached hydrogens (tertiary/aromatic N) is 2. The van der Waals surface area contributed by atoms with Crippen LogP contribution in [0.2, 0.25) is 0 Å². The molecule has 0 atom stereocenters. The van der Waals surface area contributed by atoms with Crippen LogP contribution in [-0.2, 0) is 13.0 Å². The minimum atomic E-state index is 0.502. The molecule has 0 aliphatic heterocycles. The monoisotopic (exact) mass is 261 g/mol. The van der Waals surface area contributed by atoms with Crippen LogP contribution in [0.15, 0.2) is 24.3 Å². The van der Waals surface area contributed by atoms with Crippen LogP contribution in [0.1, 0.15) is 32.0 Å². The van der Waals surface area contributed by atoms with Gasteiger partial charge in [-0.05, 0) is 18.6 Å². The third-order valence-electron chi connectivity index (χ3n) is 3.05. The molecule has 96 valence electrons. The average molecular weight is 261 g/mol. The van der Waals surface area contributed by atoms with E-state index in [1.165, 1.54) is 24.8 Å². The molecule has 0 radical (unpaired) electrons. The normalized spacial score (nSPS) is 10.9. The van der Waals surface area contributed by atoms with E-state index in [2.05, 4.69) is 22.5 Å². The van der Waals surface area contributed by atoms with Crippen molar-refractivity contribution in [3.63, 3.8) is 0 Å². The van der Waals surface area contributed by atoms with Crippen molar-refractivity contribution >= 4 is 28.2 Å². The first-order chi connectivity index (χ1) is 8.72. The summed E-state index contributed by atoms with van der Waals surface area (Å²) >= 11 is 5.00. The van der Waals surface area contributed by atoms with Crippen molar-refractivity contribution in [1.82, 2.24) is 9.55 Å². The molecule has 0 amide bonds. The highest BCUT2D eigenvalue weighted by Crippen LogP contribution is 2.17. The molecule has 1 aromatic carbocycles. The number of hydrogen-bond donors (Lipinski definition) is 1. The van der Waals surface area contributed by atoms with E-state index in [0.29, 0.717) is 11.4 Å². The number of thiocarbonyl (C=S) groups is 1. The first-order valence-corrected chi connectivity index (χ1v) is 6.85. The smallest absolute Gasteiger partial charge is 0.116 e. The number of fused-ring (bicyclic) bond motifs is 1. The molecular formula is C14H19N3S. The third-order valence-corrected chi connectivity index (χ3v) is 3.20. The number of rotatable bonds is 6. The molecule has 3 nitrogen and oxygen atoms in total. The van der Waals surface area contributed by atoms with E-state index >= 15 is 0 Å². The quantitative estimate of drug-likeness (QED) is 0.642. The maximum absolute atomic E-state index is 5.65. The maximum atomic E-state index is 5.65. The number of benzene rings is 1. The Morgan fingerprint density at radius 3 is 2.83 bits per heavy atom. The summed E-state index contributed by atoms with van der Waals surface area (Å²) < 4.78 is 2.25. The zero-order valence-corrected chi connectivity index (χ0v) is 11.5. The highest BCUT2D eigenvalue weighted by Gasteiger charge is 2.10. The van der Waals surface area contributed by atoms with E-state index in [9.17, 15) is 0 Å². The highest BCUT2D eigenvalue weighted by molar-refractivity contribution is 7.80. The predicted molar refractivity (Wildman–Crippen MR) is 79.7 cm³/mol. The van der Waals surface area contributed by atoms with Crippen LogP contribution in [0.5, 0.6) is 0 Å². The lowest BCUT2D eigenvalue weighted by atomic mass is 10.2. The standard InChI is InChI=1S/C14H19N3S/c1-2-3-6-9-17-12-8-5-4-7-11(12)16-14(17)10-13(15)18/h4-5,7-8H,2-3,6,9-10H2,1H3,(H2,15,18). The maximum Gasteiger partial charge on any atom is 0.116 e. The fourth-order valence-electron chi connectivity index (χ4n) is 2.19. The molecule has 1 heterocycles. The Balaban J connectivity index is 2.34. The van der Waals surface area contributed by atoms with Crippen molar-refractivity contribution < 1.29 is 0 Å². The summed E-state index contributed by atoms with van der Waals surface area (Å²) in [7, 11) is 0. The lowest BCUT2D eigenvalue weighted by molar-refractivity contribution is 0.599. The first kappa shape index (κ1) is 13.0. The number of unbranched alkanes of at least 4 members (excludes halogenated alkanes) is 2. The highest BCUT2D eigenvalue weighted by atomic mass is 32.1. The van der Waals surface area contributed by atoms with Crippen LogP contribution >= 0.6 is 12.2 Å². The van der Waals surface area contributed by atoms with Gasteiger partial charge in [0.2, 0.25) is 0 Å². The van der Waals surface area contributed by atoms with Gasteiger partial charge >= 0.3 is 0 Å². The Kier molecular flexibility index (Phi) is 4.31. The lowest BCUT2D eigenvalue weighted by Crippen LogP contribution is -2.15. The second-order valence-electron chi connectivity index (χ2n) is 4.52. The Morgan fingerprint density at radius 1 is 1.33 bits per heavy atom. The largest absolute Gasteiger partial charge is 0.393 e. The summed E-state index contributed by atoms with van der Waals surface area (Å²) in [6.45, 7) is 3.20. The van der Waals surface area contributed by atoms with Crippen LogP contribution in [-0.4, -0.2) is 14.5 Å². The summed E-state index contributed by atoms with van der Waals surface area (Å²) in [6.07, 6.45) is 4.20. The second-order valence-corrected chi connectivity index (χ2v) is 5.04. The van der Waals surface area contributed by atoms with E-state index in [1.54, 1.807) is 0 Å². The molecule has 2 N–H and O–H groups in total. The Labute approximate surface area is 113 Å². The number of aromatic nitrogens is 2. The number of para-hydroxylation sites is 2. The minimum Gasteiger partial charge on any atom is -0.393 e. The molecule has 4 heteroatoms. The van der Waals surface area contributed by atoms with Crippen molar-refractivity contribution in [1.29, 1.82) is 0 Å². The molecule has 0 unspecified atom stereocenters. The van der Waals surface area contributed by atoms with Crippen LogP contribution in [0.25, 0.3) is 11.0 Å². The summed E-state index contributed by atoms with van der Waals surface area (Å²) in [6, 6.07) is 8.20. The summed E-state index contributed by atoms with van der Waals surface area (Å²) in [5, 5.41) is 0. The van der Waals surface area contributed by atoms with Crippen molar-refractivity contribution in [2.45, 2.75) is 39.2 Å². The fourth-order valence-corrected chi connectivity index (χ4v) is 2.31. The molecule has 0 aliphatic carbocycles. The van der Waals surface area contributed by atoms with Gasteiger partial charge in [-0.2, -0.15) is 0 Å². The van der Waals surface area contributed by atoms with Gasteiger partial charge in [0, 0.05) is 6.54 Å². The van der Waals surface area contributed by atoms with Crippen molar-refractivity contribution in [3.05, 3.63) is 30.1 Å². The first-order valence-electron chi connectivity index (χ1n) is 6.45. The molecule has 0 spiro atoms. The SMILES string of the molecule is CCCCCn1c(CC(N)=S)nc2ccccc21. The van der Waals surface area contributed by atoms with Gasteiger partial charge < -0.3 is 10.3 Å². The van der Waals surface area contributed by atoms with E-state index in [-0.39, 0.29) is 0 Å². The molecule has 18 heavy (non-hydrogen) atoms. The van der Waals surface area contributed by atoms with Crippen LogP contribution in [0.3, 0.4) is 0 Å². The molecule has 0 bridgehead atoms. The Bertz CT molecular complexity index is 545. The molecule has 1 aromatic heterocycles. The summed E-state index contributed by atoms with van der Waals surface area (Å²) in [4.78, 5) is 5.13. The second kappa shape index (κ2) is 5.96. The van der Waals surface area contributed by atoms with E-state index < -0.39 is 0 Å². The molecule has 0 saturated carbocycles. The minimum absolute atomic E-state index is 0.502.